The zero-order valence-electron chi connectivity index (χ0n) is 21.2. The molecular weight excluding hydrogens is 474 g/mol. The number of piperidine rings is 1. The van der Waals surface area contributed by atoms with Gasteiger partial charge in [-0.15, -0.1) is 0 Å². The third kappa shape index (κ3) is 5.81. The van der Waals surface area contributed by atoms with Crippen LogP contribution in [-0.2, 0) is 22.5 Å². The minimum absolute atomic E-state index is 0.0434. The Morgan fingerprint density at radius 3 is 2.54 bits per heavy atom. The number of likely N-dealkylation sites (tertiary alicyclic amines) is 1. The lowest BCUT2D eigenvalue weighted by atomic mass is 9.85. The summed E-state index contributed by atoms with van der Waals surface area (Å²) in [5, 5.41) is 19.2. The first-order chi connectivity index (χ1) is 17.9. The Hall–Kier alpha value is -2.94. The molecule has 8 heteroatoms. The smallest absolute Gasteiger partial charge is 0.335 e. The lowest BCUT2D eigenvalue weighted by Crippen LogP contribution is -2.45. The number of Topliss-reactive ketones (excluding diaryl/α,β-unsaturated/α-hetero) is 1. The molecule has 3 aliphatic rings. The fourth-order valence-electron chi connectivity index (χ4n) is 5.88. The first kappa shape index (κ1) is 25.7. The molecular formula is C29H35NO7. The number of aliphatic hydroxyl groups is 1. The number of benzene rings is 2. The second-order valence-corrected chi connectivity index (χ2v) is 10.5. The number of nitrogens with zero attached hydrogens (tertiary/aromatic N) is 1. The lowest BCUT2D eigenvalue weighted by molar-refractivity contribution is -0.203. The van der Waals surface area contributed by atoms with E-state index in [0.717, 1.165) is 44.5 Å². The van der Waals surface area contributed by atoms with Gasteiger partial charge in [0.05, 0.1) is 13.2 Å². The van der Waals surface area contributed by atoms with Gasteiger partial charge in [-0.3, -0.25) is 9.69 Å². The van der Waals surface area contributed by atoms with Crippen LogP contribution in [-0.4, -0.2) is 65.6 Å². The van der Waals surface area contributed by atoms with Crippen molar-refractivity contribution in [1.29, 1.82) is 0 Å². The summed E-state index contributed by atoms with van der Waals surface area (Å²) in [6.07, 6.45) is 1.10. The van der Waals surface area contributed by atoms with Crippen LogP contribution in [0.1, 0.15) is 53.6 Å². The minimum Gasteiger partial charge on any atom is -0.493 e. The highest BCUT2D eigenvalue weighted by Crippen LogP contribution is 2.40. The van der Waals surface area contributed by atoms with Crippen molar-refractivity contribution < 1.29 is 34.0 Å². The van der Waals surface area contributed by atoms with Crippen LogP contribution in [0.2, 0.25) is 0 Å². The second-order valence-electron chi connectivity index (χ2n) is 10.5. The van der Waals surface area contributed by atoms with Gasteiger partial charge in [0, 0.05) is 24.4 Å². The van der Waals surface area contributed by atoms with E-state index >= 15 is 0 Å². The molecule has 2 saturated heterocycles. The van der Waals surface area contributed by atoms with E-state index in [2.05, 4.69) is 29.2 Å². The molecule has 0 bridgehead atoms. The Bertz CT molecular complexity index is 1110. The number of fused-ring (bicyclic) bond motifs is 1. The summed E-state index contributed by atoms with van der Waals surface area (Å²) in [5.74, 6) is 0.238. The van der Waals surface area contributed by atoms with Gasteiger partial charge in [-0.2, -0.15) is 0 Å². The van der Waals surface area contributed by atoms with Gasteiger partial charge in [0.15, 0.2) is 23.4 Å². The molecule has 0 spiro atoms. The number of carbonyl (C=O) groups excluding carboxylic acids is 1. The third-order valence-electron chi connectivity index (χ3n) is 7.91. The van der Waals surface area contributed by atoms with Crippen LogP contribution in [0, 0.1) is 11.8 Å². The van der Waals surface area contributed by atoms with Gasteiger partial charge in [0.25, 0.3) is 0 Å². The number of ketones is 1. The number of hydrogen-bond acceptors (Lipinski definition) is 7. The number of carbonyl (C=O) groups is 2. The molecule has 1 aliphatic carbocycles. The van der Waals surface area contributed by atoms with E-state index < -0.39 is 24.5 Å². The van der Waals surface area contributed by atoms with Gasteiger partial charge in [-0.05, 0) is 74.4 Å². The first-order valence-electron chi connectivity index (χ1n) is 13.2. The normalized spacial score (nSPS) is 26.6. The Morgan fingerprint density at radius 1 is 1.08 bits per heavy atom. The number of rotatable bonds is 8. The van der Waals surface area contributed by atoms with Crippen LogP contribution in [0.4, 0.5) is 0 Å². The van der Waals surface area contributed by atoms with Crippen LogP contribution in [0.15, 0.2) is 42.5 Å². The Labute approximate surface area is 217 Å². The van der Waals surface area contributed by atoms with Crippen LogP contribution >= 0.6 is 0 Å². The molecule has 37 heavy (non-hydrogen) atoms. The van der Waals surface area contributed by atoms with E-state index in [4.69, 9.17) is 14.2 Å². The largest absolute Gasteiger partial charge is 0.493 e. The van der Waals surface area contributed by atoms with Gasteiger partial charge in [-0.25, -0.2) is 4.79 Å². The number of methoxy groups -OCH3 is 1. The molecule has 4 atom stereocenters. The average molecular weight is 510 g/mol. The monoisotopic (exact) mass is 509 g/mol. The van der Waals surface area contributed by atoms with Crippen LogP contribution in [0.25, 0.3) is 0 Å². The molecule has 0 aromatic heterocycles. The van der Waals surface area contributed by atoms with Gasteiger partial charge in [-0.1, -0.05) is 30.3 Å². The van der Waals surface area contributed by atoms with Gasteiger partial charge in [0.1, 0.15) is 0 Å². The highest BCUT2D eigenvalue weighted by molar-refractivity contribution is 6.02. The van der Waals surface area contributed by atoms with Crippen molar-refractivity contribution in [3.05, 3.63) is 59.2 Å². The molecule has 2 heterocycles. The molecule has 0 radical (unpaired) electrons. The molecule has 2 aromatic carbocycles. The predicted molar refractivity (Wildman–Crippen MR) is 136 cm³/mol. The zero-order valence-corrected chi connectivity index (χ0v) is 21.2. The van der Waals surface area contributed by atoms with E-state index in [9.17, 15) is 19.8 Å². The number of hydrogen-bond donors (Lipinski definition) is 2. The molecule has 2 N–H and O–H groups in total. The Kier molecular flexibility index (Phi) is 7.79. The Morgan fingerprint density at radius 2 is 1.84 bits per heavy atom. The van der Waals surface area contributed by atoms with E-state index in [-0.39, 0.29) is 18.1 Å². The average Bonchev–Trinajstić information content (AvgIpc) is 3.20. The molecule has 2 aromatic rings. The maximum Gasteiger partial charge on any atom is 0.335 e. The molecule has 2 aliphatic heterocycles. The van der Waals surface area contributed by atoms with Crippen LogP contribution in [0.5, 0.6) is 11.5 Å². The van der Waals surface area contributed by atoms with E-state index in [0.29, 0.717) is 35.8 Å². The van der Waals surface area contributed by atoms with Crippen molar-refractivity contribution >= 4 is 11.8 Å². The second kappa shape index (κ2) is 11.2. The number of aliphatic hydroxyl groups excluding tert-OH is 1. The van der Waals surface area contributed by atoms with Crippen molar-refractivity contribution in [3.63, 3.8) is 0 Å². The standard InChI is InChI=1S/C29H35NO7/c1-35-24-15-20-14-21(13-18-9-11-30(12-10-18)17-19-5-3-2-4-6-19)27(32)22(20)16-25(24)36-26-8-7-23(31)28(37-26)29(33)34/h2-6,15-16,18,21,23,26,28,31H,7-14,17H2,1H3,(H,33,34)/t21?,23-,26+,28-/m0/s1. The van der Waals surface area contributed by atoms with E-state index in [1.54, 1.807) is 6.07 Å². The minimum atomic E-state index is -1.34. The number of carboxylic acids is 1. The van der Waals surface area contributed by atoms with Crippen molar-refractivity contribution in [3.8, 4) is 11.5 Å². The van der Waals surface area contributed by atoms with Crippen LogP contribution in [0.3, 0.4) is 0 Å². The summed E-state index contributed by atoms with van der Waals surface area (Å²) >= 11 is 0. The third-order valence-corrected chi connectivity index (χ3v) is 7.91. The number of ether oxygens (including phenoxy) is 3. The predicted octanol–water partition coefficient (Wildman–Crippen LogP) is 3.68. The van der Waals surface area contributed by atoms with Crippen molar-refractivity contribution in [2.45, 2.75) is 63.6 Å². The lowest BCUT2D eigenvalue weighted by Gasteiger charge is -2.33. The fraction of sp³-hybridized carbons (Fsp3) is 0.517. The molecule has 198 valence electrons. The first-order valence-corrected chi connectivity index (χ1v) is 13.2. The molecule has 1 unspecified atom stereocenters. The van der Waals surface area contributed by atoms with Crippen molar-refractivity contribution in [2.24, 2.45) is 11.8 Å². The maximum absolute atomic E-state index is 13.4. The number of aliphatic carboxylic acids is 1. The van der Waals surface area contributed by atoms with Gasteiger partial charge >= 0.3 is 5.97 Å². The Balaban J connectivity index is 1.19. The van der Waals surface area contributed by atoms with Gasteiger partial charge in [0.2, 0.25) is 6.29 Å². The fourth-order valence-corrected chi connectivity index (χ4v) is 5.88. The van der Waals surface area contributed by atoms with Gasteiger partial charge < -0.3 is 24.4 Å². The maximum atomic E-state index is 13.4. The molecule has 5 rings (SSSR count). The molecule has 8 nitrogen and oxygen atoms in total. The van der Waals surface area contributed by atoms with Crippen molar-refractivity contribution in [2.75, 3.05) is 20.2 Å². The summed E-state index contributed by atoms with van der Waals surface area (Å²) in [5.41, 5.74) is 2.94. The summed E-state index contributed by atoms with van der Waals surface area (Å²) in [4.78, 5) is 27.2. The van der Waals surface area contributed by atoms with Crippen molar-refractivity contribution in [1.82, 2.24) is 4.90 Å². The summed E-state index contributed by atoms with van der Waals surface area (Å²) in [6.45, 7) is 3.07. The number of carboxylic acid groups (broad SMARTS) is 1. The SMILES string of the molecule is COc1cc2c(cc1O[C@H]1CC[C@H](O)[C@@H](C(=O)O)O1)C(=O)C(CC1CCN(Cc3ccccc3)CC1)C2. The molecule has 0 amide bonds. The molecule has 2 fully saturated rings. The van der Waals surface area contributed by atoms with E-state index in [1.165, 1.54) is 12.7 Å². The van der Waals surface area contributed by atoms with E-state index in [1.807, 2.05) is 12.1 Å². The quantitative estimate of drug-likeness (QED) is 0.555. The zero-order chi connectivity index (χ0) is 25.9. The highest BCUT2D eigenvalue weighted by Gasteiger charge is 2.38. The molecule has 0 saturated carbocycles. The summed E-state index contributed by atoms with van der Waals surface area (Å²) in [7, 11) is 1.54. The topological polar surface area (TPSA) is 106 Å². The van der Waals surface area contributed by atoms with Crippen LogP contribution < -0.4 is 9.47 Å². The summed E-state index contributed by atoms with van der Waals surface area (Å²) < 4.78 is 16.9. The highest BCUT2D eigenvalue weighted by atomic mass is 16.7. The summed E-state index contributed by atoms with van der Waals surface area (Å²) in [6, 6.07) is 14.1.